The van der Waals surface area contributed by atoms with E-state index < -0.39 is 0 Å². The lowest BCUT2D eigenvalue weighted by atomic mass is 9.99. The fourth-order valence-electron chi connectivity index (χ4n) is 1.55. The summed E-state index contributed by atoms with van der Waals surface area (Å²) in [4.78, 5) is 6.15. The monoisotopic (exact) mass is 240 g/mol. The van der Waals surface area contributed by atoms with E-state index in [0.717, 1.165) is 18.6 Å². The maximum atomic E-state index is 12.6. The highest BCUT2D eigenvalue weighted by Crippen LogP contribution is 2.15. The summed E-state index contributed by atoms with van der Waals surface area (Å²) in [5.41, 5.74) is 0.914. The van der Waals surface area contributed by atoms with Gasteiger partial charge in [-0.05, 0) is 32.3 Å². The van der Waals surface area contributed by atoms with Gasteiger partial charge in [-0.15, -0.1) is 0 Å². The van der Waals surface area contributed by atoms with Gasteiger partial charge in [0.1, 0.15) is 0 Å². The molecule has 0 rings (SSSR count). The minimum atomic E-state index is -0.227. The van der Waals surface area contributed by atoms with Crippen molar-refractivity contribution >= 4 is 5.71 Å². The zero-order chi connectivity index (χ0) is 13.3. The van der Waals surface area contributed by atoms with Gasteiger partial charge in [0.25, 0.3) is 0 Å². The molecule has 0 aliphatic rings. The fraction of sp³-hybridized carbons (Fsp3) is 0.643. The molecule has 98 valence electrons. The third-order valence-electron chi connectivity index (χ3n) is 3.01. The van der Waals surface area contributed by atoms with Crippen molar-refractivity contribution in [1.82, 2.24) is 4.90 Å². The Morgan fingerprint density at radius 2 is 2.18 bits per heavy atom. The van der Waals surface area contributed by atoms with Crippen molar-refractivity contribution in [3.05, 3.63) is 25.1 Å². The van der Waals surface area contributed by atoms with Crippen LogP contribution in [0.2, 0.25) is 0 Å². The molecule has 0 aliphatic carbocycles. The largest absolute Gasteiger partial charge is 0.378 e. The lowest BCUT2D eigenvalue weighted by Gasteiger charge is -2.25. The second kappa shape index (κ2) is 8.97. The van der Waals surface area contributed by atoms with Crippen molar-refractivity contribution in [2.45, 2.75) is 39.7 Å². The molecule has 17 heavy (non-hydrogen) atoms. The molecule has 0 aliphatic heterocycles. The third-order valence-corrected chi connectivity index (χ3v) is 3.01. The molecule has 0 aromatic heterocycles. The van der Waals surface area contributed by atoms with E-state index in [-0.39, 0.29) is 12.6 Å². The predicted octanol–water partition coefficient (Wildman–Crippen LogP) is 3.81. The van der Waals surface area contributed by atoms with Crippen LogP contribution in [0.3, 0.4) is 0 Å². The molecular weight excluding hydrogens is 215 g/mol. The quantitative estimate of drug-likeness (QED) is 0.589. The number of allylic oxidation sites excluding steroid dienone is 1. The van der Waals surface area contributed by atoms with E-state index in [1.165, 1.54) is 6.20 Å². The van der Waals surface area contributed by atoms with Crippen molar-refractivity contribution in [2.75, 3.05) is 13.7 Å². The molecule has 2 nitrogen and oxygen atoms in total. The first-order chi connectivity index (χ1) is 8.04. The number of nitrogens with zero attached hydrogens (tertiary/aromatic N) is 2. The summed E-state index contributed by atoms with van der Waals surface area (Å²) in [5, 5.41) is 0. The lowest BCUT2D eigenvalue weighted by molar-refractivity contribution is 0.250. The predicted molar refractivity (Wildman–Crippen MR) is 74.0 cm³/mol. The molecule has 0 spiro atoms. The molecule has 0 heterocycles. The maximum Gasteiger partial charge on any atom is 0.0923 e. The van der Waals surface area contributed by atoms with Crippen molar-refractivity contribution in [3.8, 4) is 0 Å². The van der Waals surface area contributed by atoms with E-state index >= 15 is 0 Å². The van der Waals surface area contributed by atoms with Gasteiger partial charge in [0.15, 0.2) is 0 Å². The number of rotatable bonds is 8. The van der Waals surface area contributed by atoms with Gasteiger partial charge in [-0.1, -0.05) is 19.9 Å². The summed E-state index contributed by atoms with van der Waals surface area (Å²) in [6.07, 6.45) is 7.23. The van der Waals surface area contributed by atoms with E-state index in [1.807, 2.05) is 33.2 Å². The first-order valence-corrected chi connectivity index (χ1v) is 6.16. The molecule has 0 fully saturated rings. The van der Waals surface area contributed by atoms with Gasteiger partial charge in [0.2, 0.25) is 0 Å². The molecule has 0 bridgehead atoms. The number of halogens is 1. The van der Waals surface area contributed by atoms with Crippen LogP contribution >= 0.6 is 0 Å². The minimum Gasteiger partial charge on any atom is -0.378 e. The Labute approximate surface area is 105 Å². The van der Waals surface area contributed by atoms with E-state index in [9.17, 15) is 4.39 Å². The van der Waals surface area contributed by atoms with Crippen LogP contribution in [0.4, 0.5) is 4.39 Å². The van der Waals surface area contributed by atoms with E-state index in [1.54, 1.807) is 0 Å². The molecule has 0 saturated carbocycles. The summed E-state index contributed by atoms with van der Waals surface area (Å²) in [7, 11) is 2.01. The van der Waals surface area contributed by atoms with Crippen LogP contribution in [0.15, 0.2) is 30.0 Å². The molecule has 0 N–H and O–H groups in total. The lowest BCUT2D eigenvalue weighted by Crippen LogP contribution is -2.27. The normalized spacial score (nSPS) is 15.9. The van der Waals surface area contributed by atoms with Crippen LogP contribution in [0, 0.1) is 5.92 Å². The Morgan fingerprint density at radius 3 is 2.65 bits per heavy atom. The van der Waals surface area contributed by atoms with Crippen molar-refractivity contribution < 1.29 is 4.39 Å². The van der Waals surface area contributed by atoms with Gasteiger partial charge >= 0.3 is 0 Å². The van der Waals surface area contributed by atoms with Crippen LogP contribution < -0.4 is 0 Å². The van der Waals surface area contributed by atoms with Crippen molar-refractivity contribution in [3.63, 3.8) is 0 Å². The minimum absolute atomic E-state index is 0.170. The summed E-state index contributed by atoms with van der Waals surface area (Å²) in [6, 6.07) is 0.337. The summed E-state index contributed by atoms with van der Waals surface area (Å²) in [6.45, 7) is 9.39. The highest BCUT2D eigenvalue weighted by atomic mass is 19.1. The Hall–Kier alpha value is -1.12. The van der Waals surface area contributed by atoms with Gasteiger partial charge < -0.3 is 4.90 Å². The van der Waals surface area contributed by atoms with Crippen LogP contribution in [-0.4, -0.2) is 30.4 Å². The molecule has 0 aromatic carbocycles. The van der Waals surface area contributed by atoms with E-state index in [0.29, 0.717) is 6.04 Å². The average molecular weight is 240 g/mol. The highest BCUT2D eigenvalue weighted by molar-refractivity contribution is 5.93. The Bertz CT molecular complexity index is 267. The second-order valence-corrected chi connectivity index (χ2v) is 4.45. The number of hydrogen-bond acceptors (Lipinski definition) is 2. The number of aliphatic imine (C=N–C) groups is 1. The van der Waals surface area contributed by atoms with Crippen molar-refractivity contribution in [1.29, 1.82) is 0 Å². The van der Waals surface area contributed by atoms with Gasteiger partial charge in [-0.3, -0.25) is 9.38 Å². The van der Waals surface area contributed by atoms with Crippen LogP contribution in [0.1, 0.15) is 33.6 Å². The van der Waals surface area contributed by atoms with Gasteiger partial charge in [0, 0.05) is 31.2 Å². The smallest absolute Gasteiger partial charge is 0.0923 e. The molecule has 0 aromatic rings. The fourth-order valence-corrected chi connectivity index (χ4v) is 1.55. The average Bonchev–Trinajstić information content (AvgIpc) is 2.32. The summed E-state index contributed by atoms with van der Waals surface area (Å²) in [5.74, 6) is 0.170. The molecular formula is C14H25FN2. The molecule has 2 atom stereocenters. The second-order valence-electron chi connectivity index (χ2n) is 4.45. The maximum absolute atomic E-state index is 12.6. The summed E-state index contributed by atoms with van der Waals surface area (Å²) >= 11 is 0. The molecule has 0 amide bonds. The molecule has 3 heteroatoms. The Kier molecular flexibility index (Phi) is 8.38. The topological polar surface area (TPSA) is 15.6 Å². The summed E-state index contributed by atoms with van der Waals surface area (Å²) < 4.78 is 12.6. The van der Waals surface area contributed by atoms with Crippen LogP contribution in [-0.2, 0) is 0 Å². The molecule has 0 saturated heterocycles. The van der Waals surface area contributed by atoms with E-state index in [2.05, 4.69) is 23.4 Å². The SMILES string of the molecule is C=C/N=C(C)\C=C/N(C)[C@@H](C)C[C@H](CC)CF. The third kappa shape index (κ3) is 6.93. The number of hydrogen-bond donors (Lipinski definition) is 0. The van der Waals surface area contributed by atoms with Gasteiger partial charge in [-0.2, -0.15) is 0 Å². The van der Waals surface area contributed by atoms with E-state index in [4.69, 9.17) is 0 Å². The first kappa shape index (κ1) is 15.9. The van der Waals surface area contributed by atoms with Gasteiger partial charge in [-0.25, -0.2) is 0 Å². The first-order valence-electron chi connectivity index (χ1n) is 6.16. The van der Waals surface area contributed by atoms with Crippen LogP contribution in [0.5, 0.6) is 0 Å². The van der Waals surface area contributed by atoms with Gasteiger partial charge in [0.05, 0.1) is 6.67 Å². The molecule has 0 unspecified atom stereocenters. The Balaban J connectivity index is 4.25. The molecule has 0 radical (unpaired) electrons. The Morgan fingerprint density at radius 1 is 1.53 bits per heavy atom. The zero-order valence-electron chi connectivity index (χ0n) is 11.5. The van der Waals surface area contributed by atoms with Crippen molar-refractivity contribution in [2.24, 2.45) is 10.9 Å². The highest BCUT2D eigenvalue weighted by Gasteiger charge is 2.13. The number of alkyl halides is 1. The zero-order valence-corrected chi connectivity index (χ0v) is 11.5. The standard InChI is InChI=1S/C14H25FN2/c1-6-14(11-15)10-13(4)17(5)9-8-12(3)16-7-2/h7-9,13-14H,2,6,10-11H2,1,3-5H3/b9-8-,16-12-/t13-,14-/m0/s1. The van der Waals surface area contributed by atoms with Crippen LogP contribution in [0.25, 0.3) is 0 Å².